The maximum Gasteiger partial charge on any atom is 0.312 e. The molecule has 0 radical (unpaired) electrons. The number of nitrogens with one attached hydrogen (secondary N) is 2. The van der Waals surface area contributed by atoms with Gasteiger partial charge in [0, 0.05) is 73.3 Å². The second kappa shape index (κ2) is 14.0. The molecule has 45 heavy (non-hydrogen) atoms. The number of nitrogens with zero attached hydrogens (tertiary/aromatic N) is 5. The quantitative estimate of drug-likeness (QED) is 0.225. The summed E-state index contributed by atoms with van der Waals surface area (Å²) >= 11 is 0. The number of ether oxygens (including phenoxy) is 1. The first-order valence-corrected chi connectivity index (χ1v) is 15.2. The average molecular weight is 608 g/mol. The molecule has 4 aromatic rings. The van der Waals surface area contributed by atoms with Crippen LogP contribution in [0.2, 0.25) is 0 Å². The van der Waals surface area contributed by atoms with Gasteiger partial charge < -0.3 is 15.4 Å². The summed E-state index contributed by atoms with van der Waals surface area (Å²) in [5, 5.41) is 6.29. The van der Waals surface area contributed by atoms with Gasteiger partial charge in [-0.3, -0.25) is 24.4 Å². The number of hydrogen-bond donors (Lipinski definition) is 2. The fraction of sp³-hybridized carbons (Fsp3) is 0.343. The third kappa shape index (κ3) is 8.49. The topological polar surface area (TPSA) is 113 Å². The van der Waals surface area contributed by atoms with Crippen LogP contribution in [0.25, 0.3) is 11.3 Å². The van der Waals surface area contributed by atoms with Gasteiger partial charge in [0.05, 0.1) is 11.1 Å². The molecule has 10 heteroatoms. The number of piperazine rings is 1. The maximum absolute atomic E-state index is 13.1. The lowest BCUT2D eigenvalue weighted by atomic mass is 9.97. The van der Waals surface area contributed by atoms with E-state index in [1.807, 2.05) is 88.4 Å². The van der Waals surface area contributed by atoms with E-state index in [2.05, 4.69) is 42.3 Å². The van der Waals surface area contributed by atoms with E-state index in [9.17, 15) is 9.59 Å². The SMILES string of the molecule is Cc1ccc(NC(=O)c2ccc(CN3CCN(COC(=O)C(C)(C)C)C(C)C3)cc2)cc1Nc1nccc(-c2cccnc2)n1. The second-order valence-electron chi connectivity index (χ2n) is 12.5. The molecule has 1 atom stereocenters. The van der Waals surface area contributed by atoms with Gasteiger partial charge in [0.25, 0.3) is 5.91 Å². The molecule has 0 bridgehead atoms. The Balaban J connectivity index is 1.15. The zero-order chi connectivity index (χ0) is 32.0. The van der Waals surface area contributed by atoms with Crippen molar-refractivity contribution in [1.29, 1.82) is 0 Å². The predicted molar refractivity (Wildman–Crippen MR) is 176 cm³/mol. The molecule has 1 unspecified atom stereocenters. The molecule has 0 saturated carbocycles. The lowest BCUT2D eigenvalue weighted by Crippen LogP contribution is -2.52. The molecule has 2 aromatic carbocycles. The minimum Gasteiger partial charge on any atom is -0.449 e. The first-order valence-electron chi connectivity index (χ1n) is 15.2. The van der Waals surface area contributed by atoms with Crippen molar-refractivity contribution in [3.05, 3.63) is 95.9 Å². The molecule has 3 heterocycles. The first-order chi connectivity index (χ1) is 21.5. The van der Waals surface area contributed by atoms with E-state index in [4.69, 9.17) is 4.74 Å². The summed E-state index contributed by atoms with van der Waals surface area (Å²) < 4.78 is 5.53. The molecule has 0 aliphatic carbocycles. The monoisotopic (exact) mass is 607 g/mol. The number of amides is 1. The van der Waals surface area contributed by atoms with Crippen LogP contribution in [-0.2, 0) is 16.1 Å². The molecule has 1 amide bonds. The van der Waals surface area contributed by atoms with Gasteiger partial charge in [-0.05, 0) is 88.2 Å². The molecule has 234 valence electrons. The number of aromatic nitrogens is 3. The Morgan fingerprint density at radius 1 is 1.02 bits per heavy atom. The zero-order valence-corrected chi connectivity index (χ0v) is 26.6. The number of rotatable bonds is 9. The van der Waals surface area contributed by atoms with Gasteiger partial charge in [-0.25, -0.2) is 9.97 Å². The highest BCUT2D eigenvalue weighted by atomic mass is 16.5. The molecule has 1 fully saturated rings. The lowest BCUT2D eigenvalue weighted by molar-refractivity contribution is -0.160. The molecule has 2 aromatic heterocycles. The number of pyridine rings is 1. The summed E-state index contributed by atoms with van der Waals surface area (Å²) in [6.45, 7) is 13.4. The van der Waals surface area contributed by atoms with E-state index in [0.29, 0.717) is 23.9 Å². The highest BCUT2D eigenvalue weighted by molar-refractivity contribution is 6.04. The van der Waals surface area contributed by atoms with Gasteiger partial charge in [0.1, 0.15) is 6.73 Å². The fourth-order valence-electron chi connectivity index (χ4n) is 5.04. The van der Waals surface area contributed by atoms with Crippen molar-refractivity contribution in [2.75, 3.05) is 37.0 Å². The number of esters is 1. The minimum atomic E-state index is -0.502. The molecular formula is C35H41N7O3. The Bertz CT molecular complexity index is 1620. The normalized spacial score (nSPS) is 15.8. The number of aryl methyl sites for hydroxylation is 1. The van der Waals surface area contributed by atoms with E-state index in [-0.39, 0.29) is 17.9 Å². The Labute approximate surface area is 264 Å². The van der Waals surface area contributed by atoms with Crippen molar-refractivity contribution in [3.8, 4) is 11.3 Å². The Morgan fingerprint density at radius 2 is 1.82 bits per heavy atom. The van der Waals surface area contributed by atoms with Gasteiger partial charge in [-0.1, -0.05) is 18.2 Å². The van der Waals surface area contributed by atoms with Crippen LogP contribution in [0.15, 0.2) is 79.3 Å². The standard InChI is InChI=1S/C35H41N7O3/c1-24-8-13-29(19-31(24)40-34-37-16-14-30(39-34)28-7-6-15-36-20-28)38-32(43)27-11-9-26(10-12-27)22-41-17-18-42(25(2)21-41)23-45-33(44)35(3,4)5/h6-16,19-20,25H,17-18,21-23H2,1-5H3,(H,38,43)(H,37,39,40). The van der Waals surface area contributed by atoms with E-state index in [0.717, 1.165) is 54.3 Å². The van der Waals surface area contributed by atoms with E-state index in [1.165, 1.54) is 0 Å². The van der Waals surface area contributed by atoms with Crippen LogP contribution < -0.4 is 10.6 Å². The molecule has 10 nitrogen and oxygen atoms in total. The molecule has 0 spiro atoms. The van der Waals surface area contributed by atoms with Gasteiger partial charge in [0.2, 0.25) is 5.95 Å². The number of anilines is 3. The lowest BCUT2D eigenvalue weighted by Gasteiger charge is -2.39. The largest absolute Gasteiger partial charge is 0.449 e. The van der Waals surface area contributed by atoms with E-state index in [1.54, 1.807) is 18.6 Å². The molecule has 1 aliphatic rings. The van der Waals surface area contributed by atoms with Crippen LogP contribution in [0.5, 0.6) is 0 Å². The summed E-state index contributed by atoms with van der Waals surface area (Å²) in [6, 6.07) is 19.4. The zero-order valence-electron chi connectivity index (χ0n) is 26.6. The van der Waals surface area contributed by atoms with Crippen molar-refractivity contribution in [2.45, 2.75) is 47.2 Å². The minimum absolute atomic E-state index is 0.182. The molecule has 2 N–H and O–H groups in total. The van der Waals surface area contributed by atoms with Crippen molar-refractivity contribution in [1.82, 2.24) is 24.8 Å². The van der Waals surface area contributed by atoms with Crippen molar-refractivity contribution in [3.63, 3.8) is 0 Å². The number of hydrogen-bond acceptors (Lipinski definition) is 9. The summed E-state index contributed by atoms with van der Waals surface area (Å²) in [5.41, 5.74) is 5.35. The van der Waals surface area contributed by atoms with Crippen LogP contribution >= 0.6 is 0 Å². The van der Waals surface area contributed by atoms with Crippen molar-refractivity contribution in [2.24, 2.45) is 5.41 Å². The Kier molecular flexibility index (Phi) is 9.85. The second-order valence-corrected chi connectivity index (χ2v) is 12.5. The number of carbonyl (C=O) groups is 2. The van der Waals surface area contributed by atoms with Gasteiger partial charge >= 0.3 is 5.97 Å². The first kappa shape index (κ1) is 31.7. The van der Waals surface area contributed by atoms with Crippen LogP contribution in [-0.4, -0.2) is 69.0 Å². The van der Waals surface area contributed by atoms with Gasteiger partial charge in [-0.2, -0.15) is 0 Å². The van der Waals surface area contributed by atoms with Gasteiger partial charge in [0.15, 0.2) is 0 Å². The van der Waals surface area contributed by atoms with E-state index < -0.39 is 5.41 Å². The number of benzene rings is 2. The molecule has 1 saturated heterocycles. The summed E-state index contributed by atoms with van der Waals surface area (Å²) in [6.07, 6.45) is 5.19. The third-order valence-electron chi connectivity index (χ3n) is 7.80. The molecule has 5 rings (SSSR count). The number of carbonyl (C=O) groups excluding carboxylic acids is 2. The predicted octanol–water partition coefficient (Wildman–Crippen LogP) is 5.90. The van der Waals surface area contributed by atoms with Crippen LogP contribution in [0.4, 0.5) is 17.3 Å². The summed E-state index contributed by atoms with van der Waals surface area (Å²) in [4.78, 5) is 43.0. The maximum atomic E-state index is 13.1. The highest BCUT2D eigenvalue weighted by Crippen LogP contribution is 2.25. The smallest absolute Gasteiger partial charge is 0.312 e. The van der Waals surface area contributed by atoms with Crippen molar-refractivity contribution < 1.29 is 14.3 Å². The highest BCUT2D eigenvalue weighted by Gasteiger charge is 2.27. The van der Waals surface area contributed by atoms with E-state index >= 15 is 0 Å². The Hall–Kier alpha value is -4.67. The Morgan fingerprint density at radius 3 is 2.53 bits per heavy atom. The summed E-state index contributed by atoms with van der Waals surface area (Å²) in [7, 11) is 0. The molecular weight excluding hydrogens is 566 g/mol. The third-order valence-corrected chi connectivity index (χ3v) is 7.80. The van der Waals surface area contributed by atoms with Gasteiger partial charge in [-0.15, -0.1) is 0 Å². The van der Waals surface area contributed by atoms with Crippen LogP contribution in [0.3, 0.4) is 0 Å². The summed E-state index contributed by atoms with van der Waals surface area (Å²) in [5.74, 6) is 0.0924. The van der Waals surface area contributed by atoms with Crippen LogP contribution in [0, 0.1) is 12.3 Å². The average Bonchev–Trinajstić information content (AvgIpc) is 3.02. The van der Waals surface area contributed by atoms with Crippen molar-refractivity contribution >= 4 is 29.2 Å². The fourth-order valence-corrected chi connectivity index (χ4v) is 5.04. The van der Waals surface area contributed by atoms with Crippen LogP contribution in [0.1, 0.15) is 49.2 Å². The molecule has 1 aliphatic heterocycles.